The van der Waals surface area contributed by atoms with Gasteiger partial charge >= 0.3 is 19.5 Å². The van der Waals surface area contributed by atoms with E-state index in [9.17, 15) is 0 Å². The molecule has 0 saturated carbocycles. The van der Waals surface area contributed by atoms with Gasteiger partial charge in [-0.15, -0.1) is 0 Å². The molecule has 0 aromatic carbocycles. The van der Waals surface area contributed by atoms with Crippen LogP contribution < -0.4 is 5.43 Å². The van der Waals surface area contributed by atoms with E-state index in [1.54, 1.807) is 13.1 Å². The molecule has 1 aromatic rings. The number of hydrogen-bond acceptors (Lipinski definition) is 5. The second-order valence-corrected chi connectivity index (χ2v) is 4.66. The van der Waals surface area contributed by atoms with Crippen molar-refractivity contribution in [2.45, 2.75) is 13.5 Å². The molecule has 0 aliphatic carbocycles. The summed E-state index contributed by atoms with van der Waals surface area (Å²) in [6, 6.07) is 0. The Morgan fingerprint density at radius 2 is 2.39 bits per heavy atom. The fraction of sp³-hybridized carbons (Fsp3) is 0.300. The van der Waals surface area contributed by atoms with E-state index in [1.807, 2.05) is 6.26 Å². The molecule has 0 aliphatic rings. The smallest absolute Gasteiger partial charge is 0.592 e. The van der Waals surface area contributed by atoms with Crippen LogP contribution in [-0.2, 0) is 26.1 Å². The van der Waals surface area contributed by atoms with Gasteiger partial charge in [-0.05, 0) is 13.2 Å². The van der Waals surface area contributed by atoms with E-state index in [2.05, 4.69) is 15.5 Å². The van der Waals surface area contributed by atoms with E-state index in [0.717, 1.165) is 0 Å². The van der Waals surface area contributed by atoms with Crippen molar-refractivity contribution in [3.63, 3.8) is 0 Å². The second kappa shape index (κ2) is 8.53. The summed E-state index contributed by atoms with van der Waals surface area (Å²) in [5.41, 5.74) is 4.37. The van der Waals surface area contributed by atoms with E-state index in [0.29, 0.717) is 21.1 Å². The number of pyridine rings is 1. The second-order valence-electron chi connectivity index (χ2n) is 3.18. The molecule has 0 spiro atoms. The van der Waals surface area contributed by atoms with Crippen LogP contribution in [0.1, 0.15) is 16.8 Å². The van der Waals surface area contributed by atoms with Crippen molar-refractivity contribution in [2.75, 3.05) is 6.26 Å². The number of aliphatic hydroxyl groups is 1. The number of nitrogens with zero attached hydrogens (tertiary/aromatic N) is 2. The number of aliphatic hydroxyl groups excluding tert-OH is 1. The number of aromatic nitrogens is 1. The largest absolute Gasteiger partial charge is 2.00 e. The van der Waals surface area contributed by atoms with Crippen LogP contribution in [0.4, 0.5) is 0 Å². The number of aryl methyl sites for hydroxylation is 1. The summed E-state index contributed by atoms with van der Waals surface area (Å²) in [6.45, 7) is 1.56. The molecule has 4 N–H and O–H groups in total. The molecular formula is C10H14N3O2S2Zn+3. The van der Waals surface area contributed by atoms with Gasteiger partial charge in [0.05, 0.1) is 18.4 Å². The normalized spacial score (nSPS) is 10.2. The van der Waals surface area contributed by atoms with Crippen LogP contribution in [0.15, 0.2) is 11.3 Å². The van der Waals surface area contributed by atoms with Crippen molar-refractivity contribution in [2.24, 2.45) is 5.10 Å². The molecule has 0 unspecified atom stereocenters. The first-order valence-electron chi connectivity index (χ1n) is 4.78. The molecule has 92 valence electrons. The molecule has 0 saturated heterocycles. The van der Waals surface area contributed by atoms with Crippen LogP contribution in [-0.4, -0.2) is 32.0 Å². The van der Waals surface area contributed by atoms with Crippen LogP contribution in [0, 0.1) is 6.92 Å². The van der Waals surface area contributed by atoms with E-state index in [4.69, 9.17) is 22.4 Å². The molecule has 0 bridgehead atoms. The Bertz CT molecular complexity index is 455. The van der Waals surface area contributed by atoms with Gasteiger partial charge in [0.1, 0.15) is 5.69 Å². The Labute approximate surface area is 128 Å². The Morgan fingerprint density at radius 3 is 2.94 bits per heavy atom. The summed E-state index contributed by atoms with van der Waals surface area (Å²) in [5.74, 6) is 0.261. The van der Waals surface area contributed by atoms with Crippen LogP contribution in [0.5, 0.6) is 5.75 Å². The average Bonchev–Trinajstić information content (AvgIpc) is 2.34. The van der Waals surface area contributed by atoms with Gasteiger partial charge in [-0.2, -0.15) is 5.10 Å². The fourth-order valence-corrected chi connectivity index (χ4v) is 1.33. The van der Waals surface area contributed by atoms with Gasteiger partial charge < -0.3 is 10.2 Å². The third-order valence-corrected chi connectivity index (χ3v) is 3.15. The van der Waals surface area contributed by atoms with Crippen molar-refractivity contribution in [1.82, 2.24) is 10.4 Å². The average molecular weight is 338 g/mol. The maximum absolute atomic E-state index is 9.15. The number of hydrazone groups is 1. The summed E-state index contributed by atoms with van der Waals surface area (Å²) in [6.07, 6.45) is 4.86. The van der Waals surface area contributed by atoms with Crippen molar-refractivity contribution < 1.29 is 29.7 Å². The van der Waals surface area contributed by atoms with Gasteiger partial charge in [-0.25, -0.2) is 0 Å². The first-order valence-corrected chi connectivity index (χ1v) is 6.41. The summed E-state index contributed by atoms with van der Waals surface area (Å²) in [4.78, 5) is 4.01. The zero-order valence-electron chi connectivity index (χ0n) is 10.2. The molecule has 8 heteroatoms. The van der Waals surface area contributed by atoms with Crippen LogP contribution >= 0.6 is 24.0 Å². The molecule has 1 rings (SSSR count). The molecule has 0 radical (unpaired) electrons. The Balaban J connectivity index is 0.00000289. The Morgan fingerprint density at radius 1 is 1.72 bits per heavy atom. The third kappa shape index (κ3) is 4.61. The fourth-order valence-electron chi connectivity index (χ4n) is 1.13. The molecule has 0 atom stereocenters. The molecule has 0 fully saturated rings. The standard InChI is InChI=1S/C10H13N3O2S2.Zn/c1-6-9(15)8(7(5-14)3-11-6)4-12-13-10(16)17-2;/h3-4,14-15H,5H2,1-2H3,(H,13,16);/q;+2/p+1. The Kier molecular flexibility index (Phi) is 8.27. The van der Waals surface area contributed by atoms with Crippen molar-refractivity contribution in [1.29, 1.82) is 0 Å². The summed E-state index contributed by atoms with van der Waals surface area (Å²) in [5, 5.41) is 20.9. The number of thiocarbonyl (C=S) groups is 1. The topological polar surface area (TPSA) is 80.4 Å². The maximum Gasteiger partial charge on any atom is 2.00 e. The molecular weight excluding hydrogens is 324 g/mol. The van der Waals surface area contributed by atoms with Crippen molar-refractivity contribution >= 4 is 34.5 Å². The maximum atomic E-state index is 9.15. The zero-order valence-corrected chi connectivity index (χ0v) is 14.8. The van der Waals surface area contributed by atoms with E-state index in [1.165, 1.54) is 18.0 Å². The molecule has 18 heavy (non-hydrogen) atoms. The van der Waals surface area contributed by atoms with Gasteiger partial charge in [0.2, 0.25) is 0 Å². The quantitative estimate of drug-likeness (QED) is 0.281. The monoisotopic (exact) mass is 336 g/mol. The van der Waals surface area contributed by atoms with Gasteiger partial charge in [0.15, 0.2) is 4.32 Å². The first kappa shape index (κ1) is 17.4. The SMILES string of the molecule is CSC(=S)NN=Cc1c(CO)cnc(C)c1[OH2+].[Zn+2]. The minimum absolute atomic E-state index is 0. The molecule has 0 aliphatic heterocycles. The minimum atomic E-state index is -0.173. The van der Waals surface area contributed by atoms with Gasteiger partial charge in [-0.3, -0.25) is 10.4 Å². The molecule has 5 nitrogen and oxygen atoms in total. The summed E-state index contributed by atoms with van der Waals surface area (Å²) in [7, 11) is 0. The van der Waals surface area contributed by atoms with Gasteiger partial charge in [0.25, 0.3) is 5.75 Å². The van der Waals surface area contributed by atoms with E-state index >= 15 is 0 Å². The number of nitrogens with one attached hydrogen (secondary N) is 1. The number of hydrogen-bond donors (Lipinski definition) is 2. The van der Waals surface area contributed by atoms with E-state index in [-0.39, 0.29) is 31.8 Å². The molecule has 0 amide bonds. The van der Waals surface area contributed by atoms with Crippen LogP contribution in [0.25, 0.3) is 0 Å². The summed E-state index contributed by atoms with van der Waals surface area (Å²) >= 11 is 6.30. The van der Waals surface area contributed by atoms with Crippen molar-refractivity contribution in [3.05, 3.63) is 23.0 Å². The van der Waals surface area contributed by atoms with Crippen LogP contribution in [0.2, 0.25) is 0 Å². The van der Waals surface area contributed by atoms with Crippen molar-refractivity contribution in [3.8, 4) is 5.75 Å². The third-order valence-electron chi connectivity index (χ3n) is 2.10. The summed E-state index contributed by atoms with van der Waals surface area (Å²) < 4.78 is 0.545. The van der Waals surface area contributed by atoms with E-state index < -0.39 is 0 Å². The number of rotatable bonds is 3. The van der Waals surface area contributed by atoms with Gasteiger partial charge in [-0.1, -0.05) is 24.0 Å². The Hall–Kier alpha value is -0.557. The predicted molar refractivity (Wildman–Crippen MR) is 74.8 cm³/mol. The molecule has 1 heterocycles. The van der Waals surface area contributed by atoms with Crippen LogP contribution in [0.3, 0.4) is 0 Å². The number of thioether (sulfide) groups is 1. The van der Waals surface area contributed by atoms with Gasteiger partial charge in [0, 0.05) is 11.8 Å². The minimum Gasteiger partial charge on any atom is -0.592 e. The first-order chi connectivity index (χ1) is 8.10. The molecule has 1 aromatic heterocycles. The zero-order chi connectivity index (χ0) is 12.8. The predicted octanol–water partition coefficient (Wildman–Crippen LogP) is 0.889.